The molecule has 0 amide bonds. The van der Waals surface area contributed by atoms with E-state index in [0.29, 0.717) is 22.8 Å². The molecule has 0 aliphatic rings. The summed E-state index contributed by atoms with van der Waals surface area (Å²) in [4.78, 5) is 31.3. The fourth-order valence-electron chi connectivity index (χ4n) is 5.71. The van der Waals surface area contributed by atoms with Gasteiger partial charge in [0.25, 0.3) is 0 Å². The third-order valence-electron chi connectivity index (χ3n) is 10.1. The van der Waals surface area contributed by atoms with E-state index in [-0.39, 0.29) is 82.5 Å². The van der Waals surface area contributed by atoms with Crippen molar-refractivity contribution < 1.29 is 112 Å². The van der Waals surface area contributed by atoms with Crippen molar-refractivity contribution >= 4 is 120 Å². The number of ether oxygens (including phenoxy) is 3. The molecular weight excluding hydrogens is 1480 g/mol. The minimum absolute atomic E-state index is 0. The Morgan fingerprint density at radius 2 is 0.831 bits per heavy atom. The average molecular weight is 1560 g/mol. The predicted molar refractivity (Wildman–Crippen MR) is 357 cm³/mol. The molecule has 7 N–H and O–H groups in total. The average Bonchev–Trinajstić information content (AvgIpc) is 3.04. The molecule has 0 aromatic heterocycles. The smallest absolute Gasteiger partial charge is 0.508 e. The van der Waals surface area contributed by atoms with Crippen molar-refractivity contribution in [3.63, 3.8) is 0 Å². The number of carbonyl (C=O) groups excluding carboxylic acids is 3. The van der Waals surface area contributed by atoms with Crippen LogP contribution < -0.4 is 41.0 Å². The largest absolute Gasteiger partial charge is 1.00 e. The molecule has 0 atom stereocenters. The van der Waals surface area contributed by atoms with Crippen LogP contribution in [-0.4, -0.2) is 90.7 Å². The number of aldehydes is 1. The van der Waals surface area contributed by atoms with Crippen molar-refractivity contribution in [2.24, 2.45) is 11.5 Å². The first-order chi connectivity index (χ1) is 40.0. The van der Waals surface area contributed by atoms with Gasteiger partial charge in [0.05, 0.1) is 26.6 Å². The molecule has 0 heterocycles. The maximum absolute atomic E-state index is 11.6. The second-order valence-corrected chi connectivity index (χ2v) is 28.5. The quantitative estimate of drug-likeness (QED) is 0.0217. The van der Waals surface area contributed by atoms with Crippen molar-refractivity contribution in [1.29, 1.82) is 0 Å². The van der Waals surface area contributed by atoms with Crippen molar-refractivity contribution in [3.05, 3.63) is 143 Å². The first-order valence-corrected chi connectivity index (χ1v) is 34.3. The van der Waals surface area contributed by atoms with Crippen molar-refractivity contribution in [2.45, 2.75) is 164 Å². The van der Waals surface area contributed by atoms with Gasteiger partial charge >= 0.3 is 48.0 Å². The topological polar surface area (TPSA) is 294 Å². The maximum atomic E-state index is 11.6. The second kappa shape index (κ2) is 50.0. The van der Waals surface area contributed by atoms with E-state index in [9.17, 15) is 63.3 Å². The number of halogens is 8. The minimum atomic E-state index is -4.64. The molecule has 17 nitrogen and oxygen atoms in total. The van der Waals surface area contributed by atoms with Gasteiger partial charge in [-0.05, 0) is 163 Å². The summed E-state index contributed by atoms with van der Waals surface area (Å²) < 4.78 is 113. The number of phenolic OH excluding ortho intramolecular Hbond substituents is 3. The fraction of sp³-hybridized carbons (Fsp3) is 0.450. The Hall–Kier alpha value is -3.51. The van der Waals surface area contributed by atoms with Crippen LogP contribution in [0.4, 0.5) is 22.8 Å². The summed E-state index contributed by atoms with van der Waals surface area (Å²) in [6, 6.07) is 26.8. The van der Waals surface area contributed by atoms with Gasteiger partial charge in [0.2, 0.25) is 6.29 Å². The first-order valence-electron chi connectivity index (χ1n) is 26.3. The Kier molecular flexibility index (Phi) is 54.3. The van der Waals surface area contributed by atoms with Crippen LogP contribution in [0.5, 0.6) is 17.2 Å². The van der Waals surface area contributed by atoms with E-state index in [0.717, 1.165) is 44.9 Å². The van der Waals surface area contributed by atoms with Gasteiger partial charge < -0.3 is 49.4 Å². The SMILES string of the molecule is C.CC(C)(C)OC(=O)OC(=O)OC(C)(C)C.CCS(=O)(=O)c1ccc(CN)c(O)c1.CC[S-](=O)=O.CCc1ccc(Br)cc1C.CCc1ccc(Br)cc1O.CCc1ccc(S(=O)(=O)CC)cc1C.ClCCl.NCc1ccc(Br)cc1O.O=CC(F)(F)F.[Na+]. The number of rotatable bonds is 10. The number of alkyl halides is 5. The van der Waals surface area contributed by atoms with Crippen LogP contribution in [0.25, 0.3) is 0 Å². The molecule has 0 saturated carbocycles. The van der Waals surface area contributed by atoms with Crippen LogP contribution in [0.3, 0.4) is 0 Å². The molecule has 5 rings (SSSR count). The molecule has 0 radical (unpaired) electrons. The summed E-state index contributed by atoms with van der Waals surface area (Å²) in [5.41, 5.74) is 16.6. The van der Waals surface area contributed by atoms with Crippen LogP contribution in [0, 0.1) is 13.8 Å². The number of aryl methyl sites for hydroxylation is 5. The van der Waals surface area contributed by atoms with E-state index in [1.54, 1.807) is 92.6 Å². The monoisotopic (exact) mass is 1560 g/mol. The predicted octanol–water partition coefficient (Wildman–Crippen LogP) is 13.6. The number of aromatic hydroxyl groups is 3. The number of nitrogens with two attached hydrogens (primary N) is 2. The van der Waals surface area contributed by atoms with Crippen LogP contribution in [0.1, 0.15) is 129 Å². The van der Waals surface area contributed by atoms with Gasteiger partial charge in [-0.25, -0.2) is 26.4 Å². The summed E-state index contributed by atoms with van der Waals surface area (Å²) in [7, 11) is -8.11. The van der Waals surface area contributed by atoms with Crippen LogP contribution >= 0.6 is 71.0 Å². The van der Waals surface area contributed by atoms with E-state index in [2.05, 4.69) is 91.5 Å². The van der Waals surface area contributed by atoms with Crippen LogP contribution in [0.15, 0.2) is 114 Å². The molecule has 29 heteroatoms. The number of hydrogen-bond acceptors (Lipinski definition) is 18. The van der Waals surface area contributed by atoms with E-state index in [4.69, 9.17) is 48.9 Å². The van der Waals surface area contributed by atoms with Crippen molar-refractivity contribution in [2.75, 3.05) is 22.6 Å². The Morgan fingerprint density at radius 1 is 0.562 bits per heavy atom. The van der Waals surface area contributed by atoms with Gasteiger partial charge in [-0.3, -0.25) is 4.79 Å². The number of carbonyl (C=O) groups is 3. The van der Waals surface area contributed by atoms with Gasteiger partial charge in [-0.15, -0.1) is 23.2 Å². The number of hydrogen-bond donors (Lipinski definition) is 5. The first kappa shape index (κ1) is 96.6. The zero-order chi connectivity index (χ0) is 68.7. The van der Waals surface area contributed by atoms with Gasteiger partial charge in [0, 0.05) is 37.6 Å². The molecule has 502 valence electrons. The van der Waals surface area contributed by atoms with Gasteiger partial charge in [-0.1, -0.05) is 144 Å². The molecule has 0 unspecified atom stereocenters. The van der Waals surface area contributed by atoms with E-state index >= 15 is 0 Å². The Balaban J connectivity index is -0.000000223. The van der Waals surface area contributed by atoms with Crippen LogP contribution in [-0.2, 0) is 90.2 Å². The molecule has 0 aliphatic carbocycles. The van der Waals surface area contributed by atoms with Gasteiger partial charge in [0.1, 0.15) is 28.5 Å². The van der Waals surface area contributed by atoms with Crippen LogP contribution in [0.2, 0.25) is 0 Å². The van der Waals surface area contributed by atoms with E-state index in [1.807, 2.05) is 38.1 Å². The molecule has 0 aliphatic heterocycles. The third-order valence-corrected chi connectivity index (χ3v) is 15.6. The Morgan fingerprint density at radius 3 is 1.08 bits per heavy atom. The standard InChI is InChI=1S/C11H16O2S.C10H18O5.C9H11Br.C9H13NO3S.C8H9BrO.C7H8BrNO.C2HF3O.C2H5O2S.CH2Cl2.CH4.Na/c1-4-10-6-7-11(8-9(10)3)14(12,13)5-2;1-9(2,3)14-7(11)13-8(12)15-10(4,5)6;1-3-8-4-5-9(10)6-7(8)2;1-2-14(12,13)8-4-3-7(6-10)9(11)5-8;1-2-6-3-4-7(9)5-8(6)10;8-6-2-1-5(4-9)7(10)3-6;3-2(4,5)1-6;1-2-5(3)4;2-1-3;;/h6-8H,4-5H2,1-3H3;1-6H3;4-6H,3H2,1-2H3;3-5,11H,2,6,10H2,1H3;3-5,10H,2H2,1H3;1-3,10H,4,9H2;1H;2H2,1H3;1H2;1H4;/q;;;;;;;-1;;;+1. The fourth-order valence-corrected chi connectivity index (χ4v) is 8.75. The summed E-state index contributed by atoms with van der Waals surface area (Å²) in [5, 5.41) is 28.0. The van der Waals surface area contributed by atoms with Crippen molar-refractivity contribution in [1.82, 2.24) is 0 Å². The molecule has 0 fully saturated rings. The van der Waals surface area contributed by atoms with Gasteiger partial charge in [0.15, 0.2) is 19.7 Å². The van der Waals surface area contributed by atoms with Gasteiger partial charge in [-0.2, -0.15) is 13.2 Å². The summed E-state index contributed by atoms with van der Waals surface area (Å²) in [6.07, 6.45) is -4.88. The maximum Gasteiger partial charge on any atom is 1.00 e. The number of phenols is 3. The molecule has 0 bridgehead atoms. The van der Waals surface area contributed by atoms with E-state index < -0.39 is 66.4 Å². The number of benzene rings is 5. The summed E-state index contributed by atoms with van der Waals surface area (Å²) in [6.45, 7) is 25.8. The summed E-state index contributed by atoms with van der Waals surface area (Å²) >= 11 is 19.4. The number of sulfone groups is 2. The summed E-state index contributed by atoms with van der Waals surface area (Å²) in [5.74, 6) is 0.961. The minimum Gasteiger partial charge on any atom is -0.508 e. The second-order valence-electron chi connectivity index (χ2n) is 19.2. The molecular formula is C60H87Br3Cl2F3N2NaO15S3. The molecule has 5 aromatic rings. The molecule has 5 aromatic carbocycles. The molecule has 0 spiro atoms. The third kappa shape index (κ3) is 48.8. The Labute approximate surface area is 585 Å². The normalized spacial score (nSPS) is 10.4. The zero-order valence-corrected chi connectivity index (χ0v) is 63.0. The van der Waals surface area contributed by atoms with Crippen molar-refractivity contribution in [3.8, 4) is 17.2 Å². The molecule has 89 heavy (non-hydrogen) atoms. The molecule has 0 saturated heterocycles. The zero-order valence-electron chi connectivity index (χ0n) is 52.2. The Bertz CT molecular complexity index is 2930. The van der Waals surface area contributed by atoms with E-state index in [1.165, 1.54) is 39.4 Å².